The Hall–Kier alpha value is -1.26. The fourth-order valence-electron chi connectivity index (χ4n) is 2.03. The molecular formula is C15H24ClN3O. The van der Waals surface area contributed by atoms with Crippen molar-refractivity contribution in [3.05, 3.63) is 28.8 Å². The van der Waals surface area contributed by atoms with Crippen molar-refractivity contribution in [1.29, 1.82) is 0 Å². The van der Waals surface area contributed by atoms with Gasteiger partial charge in [-0.3, -0.25) is 4.79 Å². The molecule has 0 atom stereocenters. The van der Waals surface area contributed by atoms with E-state index >= 15 is 0 Å². The smallest absolute Gasteiger partial charge is 0.241 e. The van der Waals surface area contributed by atoms with E-state index in [0.29, 0.717) is 11.6 Å². The van der Waals surface area contributed by atoms with Crippen molar-refractivity contribution in [3.8, 4) is 0 Å². The number of carbonyl (C=O) groups excluding carboxylic acids is 1. The SMILES string of the molecule is CCCN(CC(=O)N(C)C)c1cc(Cl)ccc1CNC. The summed E-state index contributed by atoms with van der Waals surface area (Å²) < 4.78 is 0. The number of rotatable bonds is 7. The number of hydrogen-bond acceptors (Lipinski definition) is 3. The first-order chi connectivity index (χ1) is 9.49. The molecule has 0 aliphatic carbocycles. The van der Waals surface area contributed by atoms with E-state index in [1.165, 1.54) is 0 Å². The number of likely N-dealkylation sites (N-methyl/N-ethyl adjacent to an activating group) is 1. The molecule has 0 fully saturated rings. The summed E-state index contributed by atoms with van der Waals surface area (Å²) in [6.45, 7) is 4.06. The maximum Gasteiger partial charge on any atom is 0.241 e. The second kappa shape index (κ2) is 8.12. The highest BCUT2D eigenvalue weighted by molar-refractivity contribution is 6.30. The number of nitrogens with one attached hydrogen (secondary N) is 1. The van der Waals surface area contributed by atoms with Crippen LogP contribution in [0.3, 0.4) is 0 Å². The average Bonchev–Trinajstić information content (AvgIpc) is 2.40. The minimum absolute atomic E-state index is 0.0915. The number of amides is 1. The second-order valence-electron chi connectivity index (χ2n) is 5.01. The Kier molecular flexibility index (Phi) is 6.82. The van der Waals surface area contributed by atoms with Crippen molar-refractivity contribution in [2.45, 2.75) is 19.9 Å². The van der Waals surface area contributed by atoms with Crippen LogP contribution >= 0.6 is 11.6 Å². The molecule has 0 aromatic heterocycles. The third-order valence-corrected chi connectivity index (χ3v) is 3.31. The maximum absolute atomic E-state index is 12.0. The lowest BCUT2D eigenvalue weighted by molar-refractivity contribution is -0.127. The van der Waals surface area contributed by atoms with Crippen LogP contribution in [0, 0.1) is 0 Å². The van der Waals surface area contributed by atoms with Crippen LogP contribution in [0.15, 0.2) is 18.2 Å². The molecule has 0 saturated carbocycles. The lowest BCUT2D eigenvalue weighted by Crippen LogP contribution is -2.37. The van der Waals surface area contributed by atoms with Crippen LogP contribution in [0.4, 0.5) is 5.69 Å². The molecule has 0 saturated heterocycles. The zero-order chi connectivity index (χ0) is 15.1. The van der Waals surface area contributed by atoms with E-state index in [4.69, 9.17) is 11.6 Å². The Morgan fingerprint density at radius 3 is 2.60 bits per heavy atom. The van der Waals surface area contributed by atoms with Gasteiger partial charge in [0, 0.05) is 37.9 Å². The predicted octanol–water partition coefficient (Wildman–Crippen LogP) is 2.36. The predicted molar refractivity (Wildman–Crippen MR) is 85.4 cm³/mol. The Morgan fingerprint density at radius 1 is 1.35 bits per heavy atom. The van der Waals surface area contributed by atoms with Gasteiger partial charge in [-0.2, -0.15) is 0 Å². The average molecular weight is 298 g/mol. The molecule has 1 aromatic rings. The van der Waals surface area contributed by atoms with Gasteiger partial charge in [0.15, 0.2) is 0 Å². The molecule has 1 N–H and O–H groups in total. The molecule has 1 aromatic carbocycles. The van der Waals surface area contributed by atoms with Gasteiger partial charge in [-0.1, -0.05) is 24.6 Å². The van der Waals surface area contributed by atoms with Gasteiger partial charge < -0.3 is 15.1 Å². The topological polar surface area (TPSA) is 35.6 Å². The van der Waals surface area contributed by atoms with Crippen LogP contribution in [0.1, 0.15) is 18.9 Å². The first kappa shape index (κ1) is 16.8. The van der Waals surface area contributed by atoms with Crippen molar-refractivity contribution in [2.75, 3.05) is 39.1 Å². The van der Waals surface area contributed by atoms with Gasteiger partial charge in [-0.05, 0) is 31.2 Å². The van der Waals surface area contributed by atoms with Gasteiger partial charge in [-0.25, -0.2) is 0 Å². The van der Waals surface area contributed by atoms with Crippen molar-refractivity contribution in [3.63, 3.8) is 0 Å². The fraction of sp³-hybridized carbons (Fsp3) is 0.533. The van der Waals surface area contributed by atoms with Gasteiger partial charge in [0.1, 0.15) is 0 Å². The van der Waals surface area contributed by atoms with E-state index < -0.39 is 0 Å². The van der Waals surface area contributed by atoms with Gasteiger partial charge in [0.25, 0.3) is 0 Å². The Labute approximate surface area is 126 Å². The molecule has 0 spiro atoms. The van der Waals surface area contributed by atoms with Gasteiger partial charge >= 0.3 is 0 Å². The number of carbonyl (C=O) groups is 1. The summed E-state index contributed by atoms with van der Waals surface area (Å²) in [6.07, 6.45) is 0.978. The summed E-state index contributed by atoms with van der Waals surface area (Å²) in [5.41, 5.74) is 2.18. The molecule has 1 amide bonds. The highest BCUT2D eigenvalue weighted by Crippen LogP contribution is 2.25. The molecule has 1 rings (SSSR count). The fourth-order valence-corrected chi connectivity index (χ4v) is 2.20. The molecule has 0 aliphatic heterocycles. The summed E-state index contributed by atoms with van der Waals surface area (Å²) in [5, 5.41) is 3.84. The van der Waals surface area contributed by atoms with Gasteiger partial charge in [-0.15, -0.1) is 0 Å². The zero-order valence-corrected chi connectivity index (χ0v) is 13.5. The molecule has 4 nitrogen and oxygen atoms in total. The Balaban J connectivity index is 3.06. The van der Waals surface area contributed by atoms with Crippen molar-refractivity contribution < 1.29 is 4.79 Å². The third kappa shape index (κ3) is 4.69. The monoisotopic (exact) mass is 297 g/mol. The number of benzene rings is 1. The van der Waals surface area contributed by atoms with E-state index in [1.54, 1.807) is 19.0 Å². The Bertz CT molecular complexity index is 449. The molecular weight excluding hydrogens is 274 g/mol. The van der Waals surface area contributed by atoms with Crippen molar-refractivity contribution >= 4 is 23.2 Å². The molecule has 0 aliphatic rings. The van der Waals surface area contributed by atoms with Crippen molar-refractivity contribution in [2.24, 2.45) is 0 Å². The molecule has 0 heterocycles. The number of anilines is 1. The normalized spacial score (nSPS) is 10.4. The largest absolute Gasteiger partial charge is 0.362 e. The highest BCUT2D eigenvalue weighted by atomic mass is 35.5. The minimum Gasteiger partial charge on any atom is -0.362 e. The third-order valence-electron chi connectivity index (χ3n) is 3.07. The lowest BCUT2D eigenvalue weighted by atomic mass is 10.1. The van der Waals surface area contributed by atoms with E-state index in [9.17, 15) is 4.79 Å². The first-order valence-electron chi connectivity index (χ1n) is 6.87. The maximum atomic E-state index is 12.0. The summed E-state index contributed by atoms with van der Waals surface area (Å²) in [5.74, 6) is 0.0915. The van der Waals surface area contributed by atoms with Crippen LogP contribution in [-0.4, -0.2) is 45.0 Å². The number of nitrogens with zero attached hydrogens (tertiary/aromatic N) is 2. The van der Waals surface area contributed by atoms with E-state index in [1.807, 2.05) is 25.2 Å². The van der Waals surface area contributed by atoms with Crippen LogP contribution < -0.4 is 10.2 Å². The van der Waals surface area contributed by atoms with Crippen molar-refractivity contribution in [1.82, 2.24) is 10.2 Å². The molecule has 0 radical (unpaired) electrons. The first-order valence-corrected chi connectivity index (χ1v) is 7.25. The van der Waals surface area contributed by atoms with Crippen LogP contribution in [-0.2, 0) is 11.3 Å². The molecule has 5 heteroatoms. The van der Waals surface area contributed by atoms with Crippen LogP contribution in [0.25, 0.3) is 0 Å². The zero-order valence-electron chi connectivity index (χ0n) is 12.7. The van der Waals surface area contributed by atoms with E-state index in [2.05, 4.69) is 17.1 Å². The van der Waals surface area contributed by atoms with Gasteiger partial charge in [0.05, 0.1) is 6.54 Å². The quantitative estimate of drug-likeness (QED) is 0.839. The van der Waals surface area contributed by atoms with E-state index in [-0.39, 0.29) is 5.91 Å². The van der Waals surface area contributed by atoms with E-state index in [0.717, 1.165) is 30.8 Å². The standard InChI is InChI=1S/C15H24ClN3O/c1-5-8-19(11-15(20)18(3)4)14-9-13(16)7-6-12(14)10-17-2/h6-7,9,17H,5,8,10-11H2,1-4H3. The summed E-state index contributed by atoms with van der Waals surface area (Å²) in [7, 11) is 5.46. The lowest BCUT2D eigenvalue weighted by Gasteiger charge is -2.27. The van der Waals surface area contributed by atoms with Gasteiger partial charge in [0.2, 0.25) is 5.91 Å². The Morgan fingerprint density at radius 2 is 2.05 bits per heavy atom. The summed E-state index contributed by atoms with van der Waals surface area (Å²) in [6, 6.07) is 5.83. The molecule has 0 unspecified atom stereocenters. The molecule has 112 valence electrons. The summed E-state index contributed by atoms with van der Waals surface area (Å²) in [4.78, 5) is 15.7. The number of halogens is 1. The molecule has 20 heavy (non-hydrogen) atoms. The number of hydrogen-bond donors (Lipinski definition) is 1. The highest BCUT2D eigenvalue weighted by Gasteiger charge is 2.15. The summed E-state index contributed by atoms with van der Waals surface area (Å²) >= 11 is 6.12. The minimum atomic E-state index is 0.0915. The second-order valence-corrected chi connectivity index (χ2v) is 5.45. The van der Waals surface area contributed by atoms with Crippen LogP contribution in [0.5, 0.6) is 0 Å². The van der Waals surface area contributed by atoms with Crippen LogP contribution in [0.2, 0.25) is 5.02 Å². The molecule has 0 bridgehead atoms.